The summed E-state index contributed by atoms with van der Waals surface area (Å²) in [6.45, 7) is 0. The summed E-state index contributed by atoms with van der Waals surface area (Å²) in [6.07, 6.45) is 7.46. The van der Waals surface area contributed by atoms with Gasteiger partial charge in [0.1, 0.15) is 0 Å². The average molecular weight is 333 g/mol. The van der Waals surface area contributed by atoms with E-state index in [0.717, 1.165) is 36.7 Å². The van der Waals surface area contributed by atoms with E-state index in [0.29, 0.717) is 0 Å². The molecule has 0 unspecified atom stereocenters. The second-order valence-electron chi connectivity index (χ2n) is 3.95. The van der Waals surface area contributed by atoms with Crippen LogP contribution in [-0.4, -0.2) is 27.4 Å². The summed E-state index contributed by atoms with van der Waals surface area (Å²) in [6, 6.07) is 7.88. The number of rotatable bonds is 6. The minimum atomic E-state index is -1.28. The molecule has 0 aliphatic heterocycles. The Bertz CT molecular complexity index is 436. The predicted octanol–water partition coefficient (Wildman–Crippen LogP) is 3.60. The molecule has 17 heavy (non-hydrogen) atoms. The maximum atomic E-state index is 5.33. The predicted molar refractivity (Wildman–Crippen MR) is 76.2 cm³/mol. The Morgan fingerprint density at radius 3 is 1.82 bits per heavy atom. The normalized spacial score (nSPS) is 11.8. The molecular weight excluding hydrogens is 318 g/mol. The van der Waals surface area contributed by atoms with Crippen LogP contribution in [0.15, 0.2) is 45.6 Å². The van der Waals surface area contributed by atoms with Crippen LogP contribution in [0.2, 0.25) is 0 Å². The monoisotopic (exact) mass is 334 g/mol. The van der Waals surface area contributed by atoms with Gasteiger partial charge in [-0.2, -0.15) is 0 Å². The van der Waals surface area contributed by atoms with Crippen LogP contribution in [0.4, 0.5) is 0 Å². The first kappa shape index (κ1) is 13.3. The molecule has 0 aliphatic carbocycles. The molecule has 0 radical (unpaired) electrons. The van der Waals surface area contributed by atoms with Crippen LogP contribution in [0, 0.1) is 0 Å². The van der Waals surface area contributed by atoms with Crippen molar-refractivity contribution in [1.29, 1.82) is 0 Å². The van der Waals surface area contributed by atoms with Crippen LogP contribution in [0.1, 0.15) is 11.5 Å². The Balaban J connectivity index is 1.80. The average Bonchev–Trinajstić information content (AvgIpc) is 2.97. The summed E-state index contributed by atoms with van der Waals surface area (Å²) < 4.78 is 9.39. The van der Waals surface area contributed by atoms with E-state index in [2.05, 4.69) is 15.1 Å². The molecule has 0 saturated heterocycles. The molecule has 0 bridgehead atoms. The van der Waals surface area contributed by atoms with Gasteiger partial charge in [-0.05, 0) is 0 Å². The summed E-state index contributed by atoms with van der Waals surface area (Å²) in [5, 5.41) is 0. The van der Waals surface area contributed by atoms with Crippen molar-refractivity contribution in [2.75, 3.05) is 12.3 Å². The van der Waals surface area contributed by atoms with E-state index < -0.39 is 4.71 Å². The molecule has 2 heterocycles. The quantitative estimate of drug-likeness (QED) is 0.497. The second kappa shape index (κ2) is 6.15. The van der Waals surface area contributed by atoms with Crippen molar-refractivity contribution < 1.29 is 8.83 Å². The molecule has 0 amide bonds. The SMILES string of the molecule is SP(=[Se])(CCc1ccco1)CCc1ccco1. The molecule has 5 heteroatoms. The first-order valence-electron chi connectivity index (χ1n) is 5.51. The topological polar surface area (TPSA) is 26.3 Å². The van der Waals surface area contributed by atoms with Gasteiger partial charge in [0.2, 0.25) is 0 Å². The van der Waals surface area contributed by atoms with Gasteiger partial charge in [0.05, 0.1) is 0 Å². The fourth-order valence-corrected chi connectivity index (χ4v) is 4.70. The molecule has 2 nitrogen and oxygen atoms in total. The van der Waals surface area contributed by atoms with Crippen molar-refractivity contribution in [3.05, 3.63) is 48.3 Å². The number of thiol groups is 1. The third kappa shape index (κ3) is 4.56. The molecule has 2 aromatic heterocycles. The van der Waals surface area contributed by atoms with Crippen molar-refractivity contribution in [2.24, 2.45) is 0 Å². The van der Waals surface area contributed by atoms with Crippen LogP contribution in [0.3, 0.4) is 0 Å². The van der Waals surface area contributed by atoms with Crippen molar-refractivity contribution >= 4 is 32.1 Å². The van der Waals surface area contributed by atoms with Crippen LogP contribution in [-0.2, 0) is 12.8 Å². The standard InChI is InChI=1S/C12H15O2PSSe/c16-15(17,9-5-11-3-1-7-13-11)10-6-12-4-2-8-14-12/h1-4,7-8H,5-6,9-10H2,(H,16,17). The van der Waals surface area contributed by atoms with Gasteiger partial charge in [-0.1, -0.05) is 0 Å². The van der Waals surface area contributed by atoms with Gasteiger partial charge >= 0.3 is 114 Å². The van der Waals surface area contributed by atoms with E-state index in [1.54, 1.807) is 12.5 Å². The van der Waals surface area contributed by atoms with Gasteiger partial charge < -0.3 is 0 Å². The van der Waals surface area contributed by atoms with Gasteiger partial charge in [0.25, 0.3) is 0 Å². The molecular formula is C12H15O2PSSe. The minimum absolute atomic E-state index is 0.954. The summed E-state index contributed by atoms with van der Waals surface area (Å²) in [5.74, 6) is 2.08. The fourth-order valence-electron chi connectivity index (χ4n) is 1.59. The second-order valence-corrected chi connectivity index (χ2v) is 15.1. The number of aryl methyl sites for hydroxylation is 2. The summed E-state index contributed by atoms with van der Waals surface area (Å²) in [5.41, 5.74) is 0. The molecule has 92 valence electrons. The molecule has 0 aliphatic rings. The van der Waals surface area contributed by atoms with Gasteiger partial charge in [-0.3, -0.25) is 0 Å². The Morgan fingerprint density at radius 2 is 1.47 bits per heavy atom. The zero-order valence-electron chi connectivity index (χ0n) is 9.41. The first-order chi connectivity index (χ1) is 8.16. The van der Waals surface area contributed by atoms with Crippen LogP contribution < -0.4 is 0 Å². The molecule has 0 saturated carbocycles. The Labute approximate surface area is 114 Å². The Hall–Kier alpha value is -0.141. The van der Waals surface area contributed by atoms with Crippen molar-refractivity contribution in [1.82, 2.24) is 0 Å². The van der Waals surface area contributed by atoms with E-state index >= 15 is 0 Å². The molecule has 2 rings (SSSR count). The van der Waals surface area contributed by atoms with Crippen molar-refractivity contribution in [2.45, 2.75) is 12.8 Å². The molecule has 0 aromatic carbocycles. The number of hydrogen-bond acceptors (Lipinski definition) is 3. The fraction of sp³-hybridized carbons (Fsp3) is 0.333. The molecule has 0 N–H and O–H groups in total. The van der Waals surface area contributed by atoms with Gasteiger partial charge in [-0.25, -0.2) is 0 Å². The van der Waals surface area contributed by atoms with Gasteiger partial charge in [0, 0.05) is 0 Å². The Morgan fingerprint density at radius 1 is 1.00 bits per heavy atom. The third-order valence-corrected chi connectivity index (χ3v) is 7.92. The van der Waals surface area contributed by atoms with Crippen molar-refractivity contribution in [3.63, 3.8) is 0 Å². The van der Waals surface area contributed by atoms with Crippen molar-refractivity contribution in [3.8, 4) is 0 Å². The Kier molecular flexibility index (Phi) is 4.81. The number of hydrogen-bond donors (Lipinski definition) is 1. The first-order valence-corrected chi connectivity index (χ1v) is 11.0. The molecule has 0 fully saturated rings. The molecule has 0 spiro atoms. The third-order valence-electron chi connectivity index (χ3n) is 2.58. The van der Waals surface area contributed by atoms with Crippen LogP contribution in [0.25, 0.3) is 0 Å². The van der Waals surface area contributed by atoms with Gasteiger partial charge in [0.15, 0.2) is 0 Å². The zero-order valence-corrected chi connectivity index (χ0v) is 12.9. The van der Waals surface area contributed by atoms with E-state index in [1.165, 1.54) is 0 Å². The van der Waals surface area contributed by atoms with E-state index in [-0.39, 0.29) is 0 Å². The molecule has 0 atom stereocenters. The molecule has 2 aromatic rings. The van der Waals surface area contributed by atoms with E-state index in [4.69, 9.17) is 21.1 Å². The summed E-state index contributed by atoms with van der Waals surface area (Å²) in [7, 11) is 0. The number of furan rings is 2. The van der Waals surface area contributed by atoms with E-state index in [9.17, 15) is 0 Å². The summed E-state index contributed by atoms with van der Waals surface area (Å²) >= 11 is 8.05. The zero-order chi connectivity index (χ0) is 12.1. The summed E-state index contributed by atoms with van der Waals surface area (Å²) in [4.78, 5) is 0. The van der Waals surface area contributed by atoms with Crippen LogP contribution in [0.5, 0.6) is 0 Å². The van der Waals surface area contributed by atoms with E-state index in [1.807, 2.05) is 24.3 Å². The van der Waals surface area contributed by atoms with Crippen LogP contribution >= 0.6 is 17.0 Å². The maximum absolute atomic E-state index is 5.33. The van der Waals surface area contributed by atoms with Gasteiger partial charge in [-0.15, -0.1) is 0 Å².